The summed E-state index contributed by atoms with van der Waals surface area (Å²) in [5, 5.41) is 1.01. The molecule has 0 saturated heterocycles. The molecule has 21 heavy (non-hydrogen) atoms. The number of H-pyrrole nitrogens is 1. The van der Waals surface area contributed by atoms with Crippen LogP contribution in [0.4, 0.5) is 5.13 Å². The highest BCUT2D eigenvalue weighted by molar-refractivity contribution is 7.22. The molecule has 0 radical (unpaired) electrons. The van der Waals surface area contributed by atoms with E-state index in [0.717, 1.165) is 27.5 Å². The maximum atomic E-state index is 4.67. The van der Waals surface area contributed by atoms with Crippen LogP contribution in [0.3, 0.4) is 0 Å². The molecule has 4 rings (SSSR count). The van der Waals surface area contributed by atoms with Crippen LogP contribution in [-0.4, -0.2) is 22.0 Å². The van der Waals surface area contributed by atoms with Gasteiger partial charge in [-0.2, -0.15) is 0 Å². The summed E-state index contributed by atoms with van der Waals surface area (Å²) in [5.41, 5.74) is 3.13. The standard InChI is InChI=1S/C16H14N4S/c1-20(16-19-13-8-4-5-9-14(13)21-16)10-15-17-11-6-2-3-7-12(11)18-15/h2-9H,10H2,1H3,(H,17,18). The van der Waals surface area contributed by atoms with Gasteiger partial charge in [0.1, 0.15) is 5.82 Å². The Morgan fingerprint density at radius 3 is 2.57 bits per heavy atom. The maximum absolute atomic E-state index is 4.67. The summed E-state index contributed by atoms with van der Waals surface area (Å²) in [7, 11) is 2.05. The summed E-state index contributed by atoms with van der Waals surface area (Å²) in [6.45, 7) is 0.717. The highest BCUT2D eigenvalue weighted by Gasteiger charge is 2.10. The molecule has 0 aliphatic rings. The summed E-state index contributed by atoms with van der Waals surface area (Å²) in [6, 6.07) is 16.3. The molecule has 0 aliphatic carbocycles. The number of benzene rings is 2. The van der Waals surface area contributed by atoms with Crippen LogP contribution in [-0.2, 0) is 6.54 Å². The van der Waals surface area contributed by atoms with Crippen molar-refractivity contribution in [3.05, 3.63) is 54.4 Å². The highest BCUT2D eigenvalue weighted by Crippen LogP contribution is 2.28. The number of rotatable bonds is 3. The van der Waals surface area contributed by atoms with Gasteiger partial charge in [0.2, 0.25) is 0 Å². The lowest BCUT2D eigenvalue weighted by molar-refractivity contribution is 0.861. The summed E-state index contributed by atoms with van der Waals surface area (Å²) in [5.74, 6) is 0.956. The van der Waals surface area contributed by atoms with Gasteiger partial charge in [-0.1, -0.05) is 35.6 Å². The zero-order valence-electron chi connectivity index (χ0n) is 11.6. The third-order valence-electron chi connectivity index (χ3n) is 3.43. The Morgan fingerprint density at radius 1 is 1.00 bits per heavy atom. The first-order valence-electron chi connectivity index (χ1n) is 6.80. The number of thiazole rings is 1. The molecule has 0 atom stereocenters. The molecule has 4 aromatic rings. The van der Waals surface area contributed by atoms with E-state index in [1.54, 1.807) is 11.3 Å². The molecule has 0 spiro atoms. The van der Waals surface area contributed by atoms with E-state index in [4.69, 9.17) is 0 Å². The van der Waals surface area contributed by atoms with E-state index in [1.165, 1.54) is 4.70 Å². The summed E-state index contributed by atoms with van der Waals surface area (Å²) in [6.07, 6.45) is 0. The lowest BCUT2D eigenvalue weighted by Gasteiger charge is -2.13. The van der Waals surface area contributed by atoms with Crippen molar-refractivity contribution in [3.63, 3.8) is 0 Å². The zero-order chi connectivity index (χ0) is 14.2. The molecule has 2 aromatic carbocycles. The monoisotopic (exact) mass is 294 g/mol. The summed E-state index contributed by atoms with van der Waals surface area (Å²) in [4.78, 5) is 14.8. The molecule has 0 unspecified atom stereocenters. The fraction of sp³-hybridized carbons (Fsp3) is 0.125. The Bertz CT molecular complexity index is 843. The van der Waals surface area contributed by atoms with Crippen LogP contribution in [0.2, 0.25) is 0 Å². The maximum Gasteiger partial charge on any atom is 0.186 e. The van der Waals surface area contributed by atoms with E-state index in [1.807, 2.05) is 49.5 Å². The summed E-state index contributed by atoms with van der Waals surface area (Å²) < 4.78 is 1.21. The first kappa shape index (κ1) is 12.3. The van der Waals surface area contributed by atoms with Crippen LogP contribution in [0.5, 0.6) is 0 Å². The minimum absolute atomic E-state index is 0.717. The molecular weight excluding hydrogens is 280 g/mol. The van der Waals surface area contributed by atoms with E-state index in [0.29, 0.717) is 6.54 Å². The molecule has 1 N–H and O–H groups in total. The Balaban J connectivity index is 1.63. The first-order valence-corrected chi connectivity index (χ1v) is 7.61. The Kier molecular flexibility index (Phi) is 2.86. The normalized spacial score (nSPS) is 11.3. The van der Waals surface area contributed by atoms with Crippen molar-refractivity contribution in [2.75, 3.05) is 11.9 Å². The molecule has 104 valence electrons. The minimum Gasteiger partial charge on any atom is -0.344 e. The van der Waals surface area contributed by atoms with Crippen molar-refractivity contribution in [3.8, 4) is 0 Å². The van der Waals surface area contributed by atoms with Gasteiger partial charge < -0.3 is 9.88 Å². The van der Waals surface area contributed by atoms with Gasteiger partial charge in [-0.25, -0.2) is 9.97 Å². The highest BCUT2D eigenvalue weighted by atomic mass is 32.1. The number of nitrogens with one attached hydrogen (secondary N) is 1. The lowest BCUT2D eigenvalue weighted by atomic mass is 10.3. The molecule has 0 amide bonds. The zero-order valence-corrected chi connectivity index (χ0v) is 12.4. The van der Waals surface area contributed by atoms with Crippen molar-refractivity contribution in [2.45, 2.75) is 6.54 Å². The summed E-state index contributed by atoms with van der Waals surface area (Å²) >= 11 is 1.70. The average Bonchev–Trinajstić information content (AvgIpc) is 3.10. The number of aromatic amines is 1. The second-order valence-electron chi connectivity index (χ2n) is 5.02. The first-order chi connectivity index (χ1) is 10.3. The number of hydrogen-bond acceptors (Lipinski definition) is 4. The largest absolute Gasteiger partial charge is 0.344 e. The van der Waals surface area contributed by atoms with Crippen molar-refractivity contribution in [2.24, 2.45) is 0 Å². The van der Waals surface area contributed by atoms with E-state index < -0.39 is 0 Å². The van der Waals surface area contributed by atoms with E-state index >= 15 is 0 Å². The molecule has 4 nitrogen and oxygen atoms in total. The topological polar surface area (TPSA) is 44.8 Å². The van der Waals surface area contributed by atoms with Gasteiger partial charge in [-0.3, -0.25) is 0 Å². The van der Waals surface area contributed by atoms with Crippen LogP contribution in [0.15, 0.2) is 48.5 Å². The van der Waals surface area contributed by atoms with Crippen LogP contribution in [0.25, 0.3) is 21.3 Å². The molecule has 5 heteroatoms. The molecule has 0 saturated carbocycles. The van der Waals surface area contributed by atoms with Gasteiger partial charge in [0, 0.05) is 7.05 Å². The SMILES string of the molecule is CN(Cc1nc2ccccc2[nH]1)c1nc2ccccc2s1. The third-order valence-corrected chi connectivity index (χ3v) is 4.59. The average molecular weight is 294 g/mol. The van der Waals surface area contributed by atoms with Gasteiger partial charge in [0.15, 0.2) is 5.13 Å². The number of para-hydroxylation sites is 3. The number of anilines is 1. The smallest absolute Gasteiger partial charge is 0.186 e. The number of aromatic nitrogens is 3. The van der Waals surface area contributed by atoms with Crippen molar-refractivity contribution in [1.29, 1.82) is 0 Å². The molecular formula is C16H14N4S. The van der Waals surface area contributed by atoms with E-state index in [-0.39, 0.29) is 0 Å². The molecule has 2 heterocycles. The van der Waals surface area contributed by atoms with E-state index in [9.17, 15) is 0 Å². The molecule has 2 aromatic heterocycles. The van der Waals surface area contributed by atoms with Crippen LogP contribution >= 0.6 is 11.3 Å². The van der Waals surface area contributed by atoms with Gasteiger partial charge >= 0.3 is 0 Å². The number of nitrogens with zero attached hydrogens (tertiary/aromatic N) is 3. The fourth-order valence-electron chi connectivity index (χ4n) is 2.40. The van der Waals surface area contributed by atoms with Crippen LogP contribution in [0, 0.1) is 0 Å². The van der Waals surface area contributed by atoms with Crippen molar-refractivity contribution in [1.82, 2.24) is 15.0 Å². The predicted molar refractivity (Wildman–Crippen MR) is 87.8 cm³/mol. The molecule has 0 aliphatic heterocycles. The van der Waals surface area contributed by atoms with Gasteiger partial charge in [-0.05, 0) is 24.3 Å². The third kappa shape index (κ3) is 2.25. The predicted octanol–water partition coefficient (Wildman–Crippen LogP) is 3.81. The van der Waals surface area contributed by atoms with Gasteiger partial charge in [-0.15, -0.1) is 0 Å². The quantitative estimate of drug-likeness (QED) is 0.625. The number of fused-ring (bicyclic) bond motifs is 2. The second kappa shape index (κ2) is 4.86. The fourth-order valence-corrected chi connectivity index (χ4v) is 3.32. The van der Waals surface area contributed by atoms with Crippen LogP contribution < -0.4 is 4.90 Å². The Hall–Kier alpha value is -2.40. The number of imidazole rings is 1. The lowest BCUT2D eigenvalue weighted by Crippen LogP contribution is -2.16. The van der Waals surface area contributed by atoms with Crippen LogP contribution in [0.1, 0.15) is 5.82 Å². The Morgan fingerprint density at radius 2 is 1.76 bits per heavy atom. The Labute approximate surface area is 126 Å². The van der Waals surface area contributed by atoms with Crippen molar-refractivity contribution >= 4 is 37.7 Å². The van der Waals surface area contributed by atoms with Gasteiger partial charge in [0.25, 0.3) is 0 Å². The van der Waals surface area contributed by atoms with Crippen molar-refractivity contribution < 1.29 is 0 Å². The second-order valence-corrected chi connectivity index (χ2v) is 6.03. The number of hydrogen-bond donors (Lipinski definition) is 1. The molecule has 0 fully saturated rings. The van der Waals surface area contributed by atoms with Gasteiger partial charge in [0.05, 0.1) is 27.8 Å². The minimum atomic E-state index is 0.717. The van der Waals surface area contributed by atoms with E-state index in [2.05, 4.69) is 25.9 Å². The molecule has 0 bridgehead atoms.